The fourth-order valence-electron chi connectivity index (χ4n) is 3.36. The summed E-state index contributed by atoms with van der Waals surface area (Å²) in [5.41, 5.74) is 12.2. The molecule has 1 saturated heterocycles. The van der Waals surface area contributed by atoms with Gasteiger partial charge in [0.2, 0.25) is 17.8 Å². The number of aromatic nitrogens is 5. The molecule has 2 amide bonds. The molecule has 0 bridgehead atoms. The van der Waals surface area contributed by atoms with Gasteiger partial charge >= 0.3 is 0 Å². The second-order valence-corrected chi connectivity index (χ2v) is 7.40. The molecule has 4 rings (SSSR count). The fourth-order valence-corrected chi connectivity index (χ4v) is 3.70. The Labute approximate surface area is 173 Å². The molecule has 0 aliphatic carbocycles. The van der Waals surface area contributed by atoms with Crippen LogP contribution >= 0.6 is 15.9 Å². The third-order valence-corrected chi connectivity index (χ3v) is 5.10. The third-order valence-electron chi connectivity index (χ3n) is 4.66. The Morgan fingerprint density at radius 1 is 1.24 bits per heavy atom. The van der Waals surface area contributed by atoms with Gasteiger partial charge < -0.3 is 26.3 Å². The summed E-state index contributed by atoms with van der Waals surface area (Å²) >= 11 is 3.27. The van der Waals surface area contributed by atoms with Crippen molar-refractivity contribution in [3.8, 4) is 0 Å². The van der Waals surface area contributed by atoms with Crippen LogP contribution in [-0.2, 0) is 16.1 Å². The average molecular weight is 460 g/mol. The lowest BCUT2D eigenvalue weighted by Gasteiger charge is -2.24. The molecule has 1 fully saturated rings. The Morgan fingerprint density at radius 3 is 2.86 bits per heavy atom. The molecular formula is C17H18BrN9O2. The first-order chi connectivity index (χ1) is 13.9. The van der Waals surface area contributed by atoms with Crippen LogP contribution in [0.15, 0.2) is 29.1 Å². The predicted octanol–water partition coefficient (Wildman–Crippen LogP) is 0.778. The van der Waals surface area contributed by atoms with Crippen LogP contribution in [0.25, 0.3) is 11.2 Å². The number of hydrogen-bond donors (Lipinski definition) is 3. The van der Waals surface area contributed by atoms with Crippen molar-refractivity contribution in [3.63, 3.8) is 0 Å². The van der Waals surface area contributed by atoms with E-state index in [1.165, 1.54) is 6.33 Å². The smallest absolute Gasteiger partial charge is 0.248 e. The summed E-state index contributed by atoms with van der Waals surface area (Å²) in [5.74, 6) is 0.0855. The number of anilines is 3. The van der Waals surface area contributed by atoms with Crippen molar-refractivity contribution in [2.45, 2.75) is 25.4 Å². The van der Waals surface area contributed by atoms with Crippen molar-refractivity contribution >= 4 is 56.5 Å². The fraction of sp³-hybridized carbons (Fsp3) is 0.294. The van der Waals surface area contributed by atoms with Crippen LogP contribution in [0.2, 0.25) is 0 Å². The van der Waals surface area contributed by atoms with Gasteiger partial charge in [0.15, 0.2) is 11.5 Å². The quantitative estimate of drug-likeness (QED) is 0.482. The Hall–Kier alpha value is -3.28. The van der Waals surface area contributed by atoms with Gasteiger partial charge in [0, 0.05) is 6.54 Å². The number of nitrogens with zero attached hydrogens (tertiary/aromatic N) is 6. The van der Waals surface area contributed by atoms with Gasteiger partial charge in [0.1, 0.15) is 28.5 Å². The number of likely N-dealkylation sites (tertiary alicyclic amines) is 1. The molecule has 11 nitrogen and oxygen atoms in total. The minimum absolute atomic E-state index is 0.00384. The Kier molecular flexibility index (Phi) is 5.01. The molecule has 0 radical (unpaired) electrons. The zero-order valence-electron chi connectivity index (χ0n) is 15.2. The second-order valence-electron chi connectivity index (χ2n) is 6.59. The number of imidazole rings is 1. The van der Waals surface area contributed by atoms with Crippen molar-refractivity contribution in [2.24, 2.45) is 0 Å². The Morgan fingerprint density at radius 2 is 2.07 bits per heavy atom. The maximum Gasteiger partial charge on any atom is 0.248 e. The van der Waals surface area contributed by atoms with Crippen molar-refractivity contribution in [1.82, 2.24) is 29.4 Å². The van der Waals surface area contributed by atoms with Gasteiger partial charge in [-0.2, -0.15) is 9.97 Å². The second kappa shape index (κ2) is 7.62. The van der Waals surface area contributed by atoms with E-state index in [9.17, 15) is 9.59 Å². The number of nitrogen functional groups attached to an aromatic ring is 2. The molecular weight excluding hydrogens is 442 g/mol. The van der Waals surface area contributed by atoms with Crippen LogP contribution < -0.4 is 16.8 Å². The molecule has 5 N–H and O–H groups in total. The van der Waals surface area contributed by atoms with Gasteiger partial charge in [0.05, 0.1) is 6.33 Å². The van der Waals surface area contributed by atoms with Crippen LogP contribution in [-0.4, -0.2) is 53.8 Å². The summed E-state index contributed by atoms with van der Waals surface area (Å²) in [7, 11) is 0. The van der Waals surface area contributed by atoms with Gasteiger partial charge in [-0.25, -0.2) is 9.97 Å². The summed E-state index contributed by atoms with van der Waals surface area (Å²) in [6.07, 6.45) is 2.78. The number of fused-ring (bicyclic) bond motifs is 1. The Bertz CT molecular complexity index is 1100. The highest BCUT2D eigenvalue weighted by Crippen LogP contribution is 2.22. The first-order valence-corrected chi connectivity index (χ1v) is 9.68. The van der Waals surface area contributed by atoms with Crippen molar-refractivity contribution in [1.29, 1.82) is 0 Å². The van der Waals surface area contributed by atoms with E-state index in [-0.39, 0.29) is 30.1 Å². The maximum atomic E-state index is 12.9. The zero-order chi connectivity index (χ0) is 20.5. The van der Waals surface area contributed by atoms with Gasteiger partial charge in [-0.05, 0) is 40.9 Å². The SMILES string of the molecule is Nc1nc(N)c2ncn(CC(=O)N3CCC[C@H]3C(=O)Nc3cccc(Br)n3)c2n1. The van der Waals surface area contributed by atoms with Gasteiger partial charge in [-0.15, -0.1) is 0 Å². The molecule has 0 spiro atoms. The monoisotopic (exact) mass is 459 g/mol. The number of carbonyl (C=O) groups excluding carboxylic acids is 2. The van der Waals surface area contributed by atoms with Crippen LogP contribution in [0, 0.1) is 0 Å². The van der Waals surface area contributed by atoms with E-state index in [1.54, 1.807) is 27.7 Å². The summed E-state index contributed by atoms with van der Waals surface area (Å²) in [4.78, 5) is 43.5. The summed E-state index contributed by atoms with van der Waals surface area (Å²) in [5, 5.41) is 2.77. The number of carbonyl (C=O) groups is 2. The lowest BCUT2D eigenvalue weighted by atomic mass is 10.2. The predicted molar refractivity (Wildman–Crippen MR) is 109 cm³/mol. The van der Waals surface area contributed by atoms with E-state index in [0.717, 1.165) is 6.42 Å². The standard InChI is InChI=1S/C17H18BrN9O2/c18-10-4-1-5-11(22-10)23-16(29)9-3-2-6-27(9)12(28)7-26-8-21-13-14(19)24-17(20)25-15(13)26/h1,4-5,8-9H,2-3,6-7H2,(H,22,23,29)(H4,19,20,24,25)/t9-/m0/s1. The van der Waals surface area contributed by atoms with Crippen molar-refractivity contribution in [2.75, 3.05) is 23.3 Å². The van der Waals surface area contributed by atoms with Crippen molar-refractivity contribution in [3.05, 3.63) is 29.1 Å². The Balaban J connectivity index is 1.50. The zero-order valence-corrected chi connectivity index (χ0v) is 16.8. The molecule has 12 heteroatoms. The number of rotatable bonds is 4. The lowest BCUT2D eigenvalue weighted by Crippen LogP contribution is -2.44. The number of nitrogens with two attached hydrogens (primary N) is 2. The van der Waals surface area contributed by atoms with Gasteiger partial charge in [0.25, 0.3) is 0 Å². The first kappa shape index (κ1) is 19.1. The topological polar surface area (TPSA) is 158 Å². The van der Waals surface area contributed by atoms with E-state index in [2.05, 4.69) is 41.2 Å². The summed E-state index contributed by atoms with van der Waals surface area (Å²) in [6.45, 7) is 0.458. The number of pyridine rings is 1. The molecule has 0 saturated carbocycles. The van der Waals surface area contributed by atoms with E-state index < -0.39 is 6.04 Å². The highest BCUT2D eigenvalue weighted by atomic mass is 79.9. The van der Waals surface area contributed by atoms with Crippen LogP contribution in [0.5, 0.6) is 0 Å². The minimum atomic E-state index is -0.567. The molecule has 29 heavy (non-hydrogen) atoms. The molecule has 4 heterocycles. The van der Waals surface area contributed by atoms with Gasteiger partial charge in [-0.1, -0.05) is 6.07 Å². The number of hydrogen-bond acceptors (Lipinski definition) is 8. The molecule has 0 unspecified atom stereocenters. The minimum Gasteiger partial charge on any atom is -0.382 e. The summed E-state index contributed by atoms with van der Waals surface area (Å²) in [6, 6.07) is 4.66. The van der Waals surface area contributed by atoms with E-state index >= 15 is 0 Å². The molecule has 1 aliphatic rings. The molecule has 150 valence electrons. The van der Waals surface area contributed by atoms with Gasteiger partial charge in [-0.3, -0.25) is 9.59 Å². The molecule has 3 aromatic heterocycles. The summed E-state index contributed by atoms with van der Waals surface area (Å²) < 4.78 is 2.16. The highest BCUT2D eigenvalue weighted by molar-refractivity contribution is 9.10. The number of amides is 2. The molecule has 3 aromatic rings. The number of halogens is 1. The maximum absolute atomic E-state index is 12.9. The van der Waals surface area contributed by atoms with Crippen LogP contribution in [0.3, 0.4) is 0 Å². The highest BCUT2D eigenvalue weighted by Gasteiger charge is 2.34. The first-order valence-electron chi connectivity index (χ1n) is 8.89. The average Bonchev–Trinajstić information content (AvgIpc) is 3.29. The van der Waals surface area contributed by atoms with E-state index in [4.69, 9.17) is 11.5 Å². The number of nitrogens with one attached hydrogen (secondary N) is 1. The lowest BCUT2D eigenvalue weighted by molar-refractivity contribution is -0.137. The van der Waals surface area contributed by atoms with Crippen LogP contribution in [0.4, 0.5) is 17.6 Å². The molecule has 0 aromatic carbocycles. The van der Waals surface area contributed by atoms with E-state index in [0.29, 0.717) is 34.6 Å². The molecule has 1 aliphatic heterocycles. The van der Waals surface area contributed by atoms with E-state index in [1.807, 2.05) is 0 Å². The normalized spacial score (nSPS) is 16.3. The van der Waals surface area contributed by atoms with Crippen LogP contribution in [0.1, 0.15) is 12.8 Å². The largest absolute Gasteiger partial charge is 0.382 e. The molecule has 1 atom stereocenters. The third kappa shape index (κ3) is 3.83. The van der Waals surface area contributed by atoms with Crippen molar-refractivity contribution < 1.29 is 9.59 Å².